The van der Waals surface area contributed by atoms with Crippen LogP contribution < -0.4 is 16.8 Å². The van der Waals surface area contributed by atoms with Gasteiger partial charge in [0, 0.05) is 12.2 Å². The maximum atomic E-state index is 12.3. The topological polar surface area (TPSA) is 120 Å². The molecule has 0 saturated carbocycles. The van der Waals surface area contributed by atoms with Crippen LogP contribution in [0, 0.1) is 6.92 Å². The van der Waals surface area contributed by atoms with Crippen molar-refractivity contribution in [1.29, 1.82) is 0 Å². The van der Waals surface area contributed by atoms with Gasteiger partial charge in [-0.3, -0.25) is 4.79 Å². The molecule has 0 unspecified atom stereocenters. The number of nitrogen functional groups attached to an aromatic ring is 2. The molecule has 0 fully saturated rings. The summed E-state index contributed by atoms with van der Waals surface area (Å²) in [4.78, 5) is 20.4. The second-order valence-electron chi connectivity index (χ2n) is 5.35. The summed E-state index contributed by atoms with van der Waals surface area (Å²) >= 11 is 0. The molecule has 0 spiro atoms. The molecule has 0 radical (unpaired) electrons. The maximum absolute atomic E-state index is 12.3. The van der Waals surface area contributed by atoms with Gasteiger partial charge in [-0.15, -0.1) is 0 Å². The van der Waals surface area contributed by atoms with Gasteiger partial charge >= 0.3 is 0 Å². The van der Waals surface area contributed by atoms with Gasteiger partial charge < -0.3 is 21.2 Å². The Kier molecular flexibility index (Phi) is 4.15. The van der Waals surface area contributed by atoms with Crippen LogP contribution in [0.5, 0.6) is 0 Å². The van der Waals surface area contributed by atoms with Crippen molar-refractivity contribution in [2.75, 3.05) is 11.5 Å². The molecule has 3 aromatic rings. The Hall–Kier alpha value is -3.35. The molecule has 122 valence electrons. The zero-order valence-electron chi connectivity index (χ0n) is 13.1. The minimum absolute atomic E-state index is 0.0115. The Morgan fingerprint density at radius 1 is 1.21 bits per heavy atom. The molecule has 0 aliphatic rings. The molecule has 24 heavy (non-hydrogen) atoms. The van der Waals surface area contributed by atoms with E-state index in [4.69, 9.17) is 15.9 Å². The number of rotatable bonds is 4. The molecule has 2 aromatic heterocycles. The second-order valence-corrected chi connectivity index (χ2v) is 5.35. The largest absolute Gasteiger partial charge is 0.463 e. The number of furan rings is 1. The molecule has 7 heteroatoms. The number of amides is 1. The van der Waals surface area contributed by atoms with Gasteiger partial charge in [-0.1, -0.05) is 12.1 Å². The van der Waals surface area contributed by atoms with Crippen LogP contribution in [0.4, 0.5) is 11.6 Å². The van der Waals surface area contributed by atoms with E-state index in [2.05, 4.69) is 15.3 Å². The maximum Gasteiger partial charge on any atom is 0.270 e. The normalized spacial score (nSPS) is 10.5. The molecule has 0 aliphatic carbocycles. The van der Waals surface area contributed by atoms with Crippen molar-refractivity contribution >= 4 is 17.5 Å². The number of anilines is 2. The van der Waals surface area contributed by atoms with Gasteiger partial charge in [0.25, 0.3) is 5.91 Å². The molecule has 0 saturated heterocycles. The lowest BCUT2D eigenvalue weighted by Gasteiger charge is -2.08. The SMILES string of the molecule is Cc1cc(CNC(=O)c2cc(-c3ccco3)nc(N)n2)ccc1N. The first-order valence-electron chi connectivity index (χ1n) is 7.34. The number of hydrogen-bond donors (Lipinski definition) is 3. The molecular formula is C17H17N5O2. The van der Waals surface area contributed by atoms with E-state index in [1.54, 1.807) is 18.2 Å². The molecule has 1 aromatic carbocycles. The highest BCUT2D eigenvalue weighted by atomic mass is 16.3. The third-order valence-corrected chi connectivity index (χ3v) is 3.54. The van der Waals surface area contributed by atoms with Crippen molar-refractivity contribution in [1.82, 2.24) is 15.3 Å². The average molecular weight is 323 g/mol. The van der Waals surface area contributed by atoms with E-state index in [9.17, 15) is 4.79 Å². The summed E-state index contributed by atoms with van der Waals surface area (Å²) in [7, 11) is 0. The highest BCUT2D eigenvalue weighted by Gasteiger charge is 2.13. The van der Waals surface area contributed by atoms with E-state index in [0.29, 0.717) is 18.0 Å². The minimum atomic E-state index is -0.341. The average Bonchev–Trinajstić information content (AvgIpc) is 3.09. The number of carbonyl (C=O) groups excluding carboxylic acids is 1. The standard InChI is InChI=1S/C17H17N5O2/c1-10-7-11(4-5-12(10)18)9-20-16(23)14-8-13(21-17(19)22-14)15-3-2-6-24-15/h2-8H,9,18H2,1H3,(H,20,23)(H2,19,21,22). The minimum Gasteiger partial charge on any atom is -0.463 e. The van der Waals surface area contributed by atoms with Crippen molar-refractivity contribution in [3.8, 4) is 11.5 Å². The molecule has 2 heterocycles. The highest BCUT2D eigenvalue weighted by molar-refractivity contribution is 5.93. The highest BCUT2D eigenvalue weighted by Crippen LogP contribution is 2.19. The first kappa shape index (κ1) is 15.5. The van der Waals surface area contributed by atoms with Crippen molar-refractivity contribution in [3.05, 3.63) is 59.5 Å². The van der Waals surface area contributed by atoms with E-state index in [1.807, 2.05) is 25.1 Å². The smallest absolute Gasteiger partial charge is 0.270 e. The van der Waals surface area contributed by atoms with Crippen molar-refractivity contribution in [3.63, 3.8) is 0 Å². The van der Waals surface area contributed by atoms with Crippen LogP contribution in [0.25, 0.3) is 11.5 Å². The number of aryl methyl sites for hydroxylation is 1. The van der Waals surface area contributed by atoms with E-state index in [1.165, 1.54) is 6.26 Å². The third kappa shape index (κ3) is 3.35. The number of benzene rings is 1. The van der Waals surface area contributed by atoms with Gasteiger partial charge in [0.15, 0.2) is 5.76 Å². The van der Waals surface area contributed by atoms with Crippen molar-refractivity contribution in [2.45, 2.75) is 13.5 Å². The number of nitrogens with one attached hydrogen (secondary N) is 1. The summed E-state index contributed by atoms with van der Waals surface area (Å²) < 4.78 is 5.27. The van der Waals surface area contributed by atoms with E-state index in [-0.39, 0.29) is 17.5 Å². The molecule has 7 nitrogen and oxygen atoms in total. The van der Waals surface area contributed by atoms with Crippen LogP contribution >= 0.6 is 0 Å². The fourth-order valence-electron chi connectivity index (χ4n) is 2.25. The van der Waals surface area contributed by atoms with Gasteiger partial charge in [0.05, 0.1) is 6.26 Å². The van der Waals surface area contributed by atoms with Gasteiger partial charge in [0.2, 0.25) is 5.95 Å². The predicted octanol–water partition coefficient (Wildman–Crippen LogP) is 2.14. The van der Waals surface area contributed by atoms with E-state index >= 15 is 0 Å². The first-order valence-corrected chi connectivity index (χ1v) is 7.34. The van der Waals surface area contributed by atoms with Gasteiger partial charge in [-0.25, -0.2) is 9.97 Å². The summed E-state index contributed by atoms with van der Waals surface area (Å²) in [6, 6.07) is 10.6. The lowest BCUT2D eigenvalue weighted by atomic mass is 10.1. The first-order chi connectivity index (χ1) is 11.5. The molecule has 0 aliphatic heterocycles. The summed E-state index contributed by atoms with van der Waals surface area (Å²) in [5, 5.41) is 2.81. The number of carbonyl (C=O) groups is 1. The summed E-state index contributed by atoms with van der Waals surface area (Å²) in [5.41, 5.74) is 14.8. The fourth-order valence-corrected chi connectivity index (χ4v) is 2.25. The zero-order valence-corrected chi connectivity index (χ0v) is 13.1. The van der Waals surface area contributed by atoms with Crippen LogP contribution in [0.15, 0.2) is 47.1 Å². The van der Waals surface area contributed by atoms with Gasteiger partial charge in [0.1, 0.15) is 11.4 Å². The number of nitrogens with zero attached hydrogens (tertiary/aromatic N) is 2. The van der Waals surface area contributed by atoms with E-state index < -0.39 is 0 Å². The van der Waals surface area contributed by atoms with Crippen molar-refractivity contribution < 1.29 is 9.21 Å². The zero-order chi connectivity index (χ0) is 17.1. The Labute approximate surface area is 138 Å². The van der Waals surface area contributed by atoms with Crippen LogP contribution in [0.3, 0.4) is 0 Å². The van der Waals surface area contributed by atoms with Crippen LogP contribution in [0.1, 0.15) is 21.6 Å². The fraction of sp³-hybridized carbons (Fsp3) is 0.118. The molecule has 3 rings (SSSR count). The molecule has 0 bridgehead atoms. The molecular weight excluding hydrogens is 306 g/mol. The van der Waals surface area contributed by atoms with Gasteiger partial charge in [-0.2, -0.15) is 0 Å². The van der Waals surface area contributed by atoms with Crippen LogP contribution in [-0.4, -0.2) is 15.9 Å². The molecule has 5 N–H and O–H groups in total. The van der Waals surface area contributed by atoms with Crippen LogP contribution in [0.2, 0.25) is 0 Å². The summed E-state index contributed by atoms with van der Waals surface area (Å²) in [6.07, 6.45) is 1.52. The lowest BCUT2D eigenvalue weighted by Crippen LogP contribution is -2.24. The number of nitrogens with two attached hydrogens (primary N) is 2. The van der Waals surface area contributed by atoms with Crippen LogP contribution in [-0.2, 0) is 6.54 Å². The summed E-state index contributed by atoms with van der Waals surface area (Å²) in [6.45, 7) is 2.28. The Morgan fingerprint density at radius 3 is 2.75 bits per heavy atom. The Bertz CT molecular complexity index is 875. The lowest BCUT2D eigenvalue weighted by molar-refractivity contribution is 0.0946. The van der Waals surface area contributed by atoms with E-state index in [0.717, 1.165) is 16.8 Å². The van der Waals surface area contributed by atoms with Crippen molar-refractivity contribution in [2.24, 2.45) is 0 Å². The Morgan fingerprint density at radius 2 is 2.04 bits per heavy atom. The third-order valence-electron chi connectivity index (χ3n) is 3.54. The Balaban J connectivity index is 1.76. The predicted molar refractivity (Wildman–Crippen MR) is 90.9 cm³/mol. The monoisotopic (exact) mass is 323 g/mol. The number of aromatic nitrogens is 2. The van der Waals surface area contributed by atoms with Gasteiger partial charge in [-0.05, 0) is 42.3 Å². The quantitative estimate of drug-likeness (QED) is 0.633. The second kappa shape index (κ2) is 6.41. The molecule has 1 amide bonds. The summed E-state index contributed by atoms with van der Waals surface area (Å²) in [5.74, 6) is 0.191. The molecule has 0 atom stereocenters. The number of hydrogen-bond acceptors (Lipinski definition) is 6.